The predicted molar refractivity (Wildman–Crippen MR) is 91.3 cm³/mol. The molecule has 1 aromatic heterocycles. The highest BCUT2D eigenvalue weighted by atomic mass is 79.9. The number of rotatable bonds is 6. The van der Waals surface area contributed by atoms with Crippen LogP contribution in [0.5, 0.6) is 5.75 Å². The van der Waals surface area contributed by atoms with Crippen LogP contribution in [0.2, 0.25) is 0 Å². The van der Waals surface area contributed by atoms with E-state index in [0.717, 1.165) is 0 Å². The highest BCUT2D eigenvalue weighted by Gasteiger charge is 2.17. The highest BCUT2D eigenvalue weighted by molar-refractivity contribution is 9.10. The Morgan fingerprint density at radius 3 is 2.38 bits per heavy atom. The summed E-state index contributed by atoms with van der Waals surface area (Å²) in [7, 11) is 1.69. The van der Waals surface area contributed by atoms with Gasteiger partial charge in [0.15, 0.2) is 11.3 Å². The first kappa shape index (κ1) is 18.1. The second-order valence-corrected chi connectivity index (χ2v) is 6.27. The summed E-state index contributed by atoms with van der Waals surface area (Å²) in [5.74, 6) is -0.0315. The molecule has 0 aliphatic heterocycles. The third-order valence-electron chi connectivity index (χ3n) is 3.42. The van der Waals surface area contributed by atoms with Crippen molar-refractivity contribution in [2.75, 3.05) is 13.7 Å². The van der Waals surface area contributed by atoms with Gasteiger partial charge in [0.25, 0.3) is 5.91 Å². The molecule has 128 valence electrons. The van der Waals surface area contributed by atoms with Gasteiger partial charge >= 0.3 is 5.97 Å². The summed E-state index contributed by atoms with van der Waals surface area (Å²) in [5, 5.41) is 8.72. The van der Waals surface area contributed by atoms with Gasteiger partial charge in [-0.05, 0) is 65.2 Å². The predicted octanol–water partition coefficient (Wildman–Crippen LogP) is 3.39. The highest BCUT2D eigenvalue weighted by Crippen LogP contribution is 2.26. The molecule has 2 rings (SSSR count). The lowest BCUT2D eigenvalue weighted by atomic mass is 10.0. The van der Waals surface area contributed by atoms with E-state index in [4.69, 9.17) is 14.3 Å². The number of nitrogens with zero attached hydrogens (tertiary/aromatic N) is 1. The number of aliphatic carboxylic acids is 1. The summed E-state index contributed by atoms with van der Waals surface area (Å²) >= 11 is 3.23. The number of hydrogen-bond acceptors (Lipinski definition) is 4. The average molecular weight is 396 g/mol. The SMILES string of the molecule is Cc1cc(C(=O)N(C)Cc2ccc(Br)o2)cc(C)c1OCC(=O)O. The van der Waals surface area contributed by atoms with Gasteiger partial charge < -0.3 is 19.2 Å². The second kappa shape index (κ2) is 7.53. The molecule has 24 heavy (non-hydrogen) atoms. The number of aryl methyl sites for hydroxylation is 2. The topological polar surface area (TPSA) is 80.0 Å². The van der Waals surface area contributed by atoms with Gasteiger partial charge in [0.2, 0.25) is 0 Å². The van der Waals surface area contributed by atoms with E-state index in [1.807, 2.05) is 0 Å². The van der Waals surface area contributed by atoms with Crippen LogP contribution in [0, 0.1) is 13.8 Å². The van der Waals surface area contributed by atoms with Crippen LogP contribution in [0.25, 0.3) is 0 Å². The molecule has 0 aliphatic carbocycles. The largest absolute Gasteiger partial charge is 0.481 e. The first-order valence-electron chi connectivity index (χ1n) is 7.23. The molecule has 0 unspecified atom stereocenters. The third-order valence-corrected chi connectivity index (χ3v) is 3.84. The number of benzene rings is 1. The van der Waals surface area contributed by atoms with E-state index in [1.165, 1.54) is 0 Å². The summed E-state index contributed by atoms with van der Waals surface area (Å²) in [5.41, 5.74) is 1.95. The van der Waals surface area contributed by atoms with Gasteiger partial charge in [-0.15, -0.1) is 0 Å². The van der Waals surface area contributed by atoms with Crippen LogP contribution in [0.1, 0.15) is 27.2 Å². The summed E-state index contributed by atoms with van der Waals surface area (Å²) in [4.78, 5) is 24.8. The number of ether oxygens (including phenoxy) is 1. The smallest absolute Gasteiger partial charge is 0.341 e. The average Bonchev–Trinajstić information content (AvgIpc) is 2.90. The van der Waals surface area contributed by atoms with Crippen molar-refractivity contribution in [1.29, 1.82) is 0 Å². The van der Waals surface area contributed by atoms with Gasteiger partial charge in [-0.3, -0.25) is 4.79 Å². The number of halogens is 1. The van der Waals surface area contributed by atoms with Gasteiger partial charge in [-0.25, -0.2) is 4.79 Å². The van der Waals surface area contributed by atoms with Crippen LogP contribution >= 0.6 is 15.9 Å². The van der Waals surface area contributed by atoms with Gasteiger partial charge in [0.1, 0.15) is 11.5 Å². The van der Waals surface area contributed by atoms with Crippen molar-refractivity contribution in [3.05, 3.63) is 51.4 Å². The fraction of sp³-hybridized carbons (Fsp3) is 0.294. The van der Waals surface area contributed by atoms with Crippen molar-refractivity contribution < 1.29 is 23.8 Å². The van der Waals surface area contributed by atoms with Crippen LogP contribution in [-0.2, 0) is 11.3 Å². The summed E-state index contributed by atoms with van der Waals surface area (Å²) < 4.78 is 11.3. The zero-order valence-electron chi connectivity index (χ0n) is 13.6. The second-order valence-electron chi connectivity index (χ2n) is 5.49. The molecule has 0 radical (unpaired) electrons. The van der Waals surface area contributed by atoms with Crippen LogP contribution in [0.4, 0.5) is 0 Å². The van der Waals surface area contributed by atoms with Gasteiger partial charge in [-0.1, -0.05) is 0 Å². The quantitative estimate of drug-likeness (QED) is 0.810. The molecule has 0 spiro atoms. The van der Waals surface area contributed by atoms with Gasteiger partial charge in [-0.2, -0.15) is 0 Å². The molecule has 0 saturated heterocycles. The molecule has 1 heterocycles. The number of carbonyl (C=O) groups is 2. The van der Waals surface area contributed by atoms with E-state index >= 15 is 0 Å². The molecule has 0 saturated carbocycles. The fourth-order valence-corrected chi connectivity index (χ4v) is 2.74. The zero-order chi connectivity index (χ0) is 17.9. The van der Waals surface area contributed by atoms with Crippen molar-refractivity contribution in [1.82, 2.24) is 4.90 Å². The minimum absolute atomic E-state index is 0.154. The van der Waals surface area contributed by atoms with E-state index in [9.17, 15) is 9.59 Å². The number of amides is 1. The summed E-state index contributed by atoms with van der Waals surface area (Å²) in [6.45, 7) is 3.50. The summed E-state index contributed by atoms with van der Waals surface area (Å²) in [6, 6.07) is 6.96. The van der Waals surface area contributed by atoms with Crippen LogP contribution in [0.15, 0.2) is 33.4 Å². The number of carboxylic acids is 1. The first-order chi connectivity index (χ1) is 11.3. The third kappa shape index (κ3) is 4.38. The molecule has 0 bridgehead atoms. The first-order valence-corrected chi connectivity index (χ1v) is 8.02. The molecule has 1 aromatic carbocycles. The Morgan fingerprint density at radius 1 is 1.25 bits per heavy atom. The van der Waals surface area contributed by atoms with E-state index in [1.54, 1.807) is 50.1 Å². The Kier molecular flexibility index (Phi) is 5.66. The molecule has 1 amide bonds. The van der Waals surface area contributed by atoms with E-state index < -0.39 is 12.6 Å². The Hall–Kier alpha value is -2.28. The molecule has 2 aromatic rings. The number of furan rings is 1. The van der Waals surface area contributed by atoms with E-state index in [2.05, 4.69) is 15.9 Å². The number of carboxylic acid groups (broad SMARTS) is 1. The molecule has 7 heteroatoms. The Balaban J connectivity index is 2.15. The van der Waals surface area contributed by atoms with E-state index in [-0.39, 0.29) is 5.91 Å². The maximum atomic E-state index is 12.6. The fourth-order valence-electron chi connectivity index (χ4n) is 2.40. The Labute approximate surface area is 148 Å². The van der Waals surface area contributed by atoms with Crippen molar-refractivity contribution in [3.8, 4) is 5.75 Å². The van der Waals surface area contributed by atoms with Gasteiger partial charge in [0, 0.05) is 12.6 Å². The maximum absolute atomic E-state index is 12.6. The standard InChI is InChI=1S/C17H18BrNO5/c1-10-6-12(7-11(2)16(10)23-9-15(20)21)17(22)19(3)8-13-4-5-14(18)24-13/h4-7H,8-9H2,1-3H3,(H,20,21). The van der Waals surface area contributed by atoms with Crippen LogP contribution < -0.4 is 4.74 Å². The van der Waals surface area contributed by atoms with Gasteiger partial charge in [0.05, 0.1) is 6.54 Å². The molecule has 0 fully saturated rings. The molecule has 0 aliphatic rings. The normalized spacial score (nSPS) is 10.5. The molecular formula is C17H18BrNO5. The zero-order valence-corrected chi connectivity index (χ0v) is 15.2. The van der Waals surface area contributed by atoms with Crippen molar-refractivity contribution in [2.24, 2.45) is 0 Å². The maximum Gasteiger partial charge on any atom is 0.341 e. The lowest BCUT2D eigenvalue weighted by Crippen LogP contribution is -2.26. The van der Waals surface area contributed by atoms with Crippen LogP contribution in [0.3, 0.4) is 0 Å². The molecule has 0 atom stereocenters. The molecule has 6 nitrogen and oxygen atoms in total. The monoisotopic (exact) mass is 395 g/mol. The number of hydrogen-bond donors (Lipinski definition) is 1. The Morgan fingerprint density at radius 2 is 1.88 bits per heavy atom. The minimum Gasteiger partial charge on any atom is -0.481 e. The number of carbonyl (C=O) groups excluding carboxylic acids is 1. The molecular weight excluding hydrogens is 378 g/mol. The van der Waals surface area contributed by atoms with Crippen molar-refractivity contribution in [2.45, 2.75) is 20.4 Å². The van der Waals surface area contributed by atoms with Crippen LogP contribution in [-0.4, -0.2) is 35.5 Å². The Bertz CT molecular complexity index is 745. The lowest BCUT2D eigenvalue weighted by molar-refractivity contribution is -0.139. The molecule has 1 N–H and O–H groups in total. The summed E-state index contributed by atoms with van der Waals surface area (Å²) in [6.07, 6.45) is 0. The van der Waals surface area contributed by atoms with E-state index in [0.29, 0.717) is 39.4 Å². The van der Waals surface area contributed by atoms with Crippen molar-refractivity contribution in [3.63, 3.8) is 0 Å². The van der Waals surface area contributed by atoms with Crippen molar-refractivity contribution >= 4 is 27.8 Å². The lowest BCUT2D eigenvalue weighted by Gasteiger charge is -2.18. The minimum atomic E-state index is -1.04.